The molecule has 0 aromatic heterocycles. The Labute approximate surface area is 126 Å². The lowest BCUT2D eigenvalue weighted by atomic mass is 9.75. The van der Waals surface area contributed by atoms with Crippen molar-refractivity contribution in [1.82, 2.24) is 0 Å². The Bertz CT molecular complexity index is 437. The summed E-state index contributed by atoms with van der Waals surface area (Å²) >= 11 is 0. The van der Waals surface area contributed by atoms with Crippen LogP contribution in [0, 0.1) is 5.82 Å². The third-order valence-electron chi connectivity index (χ3n) is 4.01. The topological polar surface area (TPSA) is 44.5 Å². The van der Waals surface area contributed by atoms with E-state index in [-0.39, 0.29) is 35.4 Å². The molecule has 6 heteroatoms. The number of hydrogen-bond donors (Lipinski definition) is 1. The van der Waals surface area contributed by atoms with Gasteiger partial charge in [0.1, 0.15) is 5.82 Å². The summed E-state index contributed by atoms with van der Waals surface area (Å²) in [6.45, 7) is 7.99. The summed E-state index contributed by atoms with van der Waals surface area (Å²) in [4.78, 5) is 0. The Morgan fingerprint density at radius 1 is 1.10 bits per heavy atom. The van der Waals surface area contributed by atoms with Gasteiger partial charge in [0, 0.05) is 5.94 Å². The quantitative estimate of drug-likeness (QED) is 0.873. The summed E-state index contributed by atoms with van der Waals surface area (Å²) in [6, 6.07) is 6.35. The molecule has 2 rings (SSSR count). The van der Waals surface area contributed by atoms with Crippen molar-refractivity contribution in [2.24, 2.45) is 5.73 Å². The fraction of sp³-hybridized carbons (Fsp3) is 0.571. The second-order valence-electron chi connectivity index (χ2n) is 6.12. The minimum absolute atomic E-state index is 0. The molecule has 1 aromatic carbocycles. The summed E-state index contributed by atoms with van der Waals surface area (Å²) in [5, 5.41) is 0. The Balaban J connectivity index is 0.00000200. The molecule has 1 aromatic rings. The number of hydrogen-bond acceptors (Lipinski definition) is 3. The standard InChI is InChI=1S/C14H21BFNO2.ClH/c1-13(2)14(3,4)19-15(18-13)12(17)9-10-5-7-11(16)8-6-10;/h5-8,12H,9,17H2,1-4H3;1H/t12-;/m0./s1. The molecule has 20 heavy (non-hydrogen) atoms. The molecule has 112 valence electrons. The molecule has 0 amide bonds. The van der Waals surface area contributed by atoms with Crippen LogP contribution < -0.4 is 5.73 Å². The predicted octanol–water partition coefficient (Wildman–Crippen LogP) is 2.75. The smallest absolute Gasteiger partial charge is 0.402 e. The van der Waals surface area contributed by atoms with E-state index in [0.717, 1.165) is 5.56 Å². The molecule has 1 heterocycles. The van der Waals surface area contributed by atoms with Gasteiger partial charge in [-0.3, -0.25) is 0 Å². The molecular weight excluding hydrogens is 279 g/mol. The third kappa shape index (κ3) is 3.53. The van der Waals surface area contributed by atoms with Crippen molar-refractivity contribution in [2.75, 3.05) is 0 Å². The van der Waals surface area contributed by atoms with Crippen LogP contribution in [0.1, 0.15) is 33.3 Å². The number of benzene rings is 1. The van der Waals surface area contributed by atoms with Crippen LogP contribution in [0.15, 0.2) is 24.3 Å². The highest BCUT2D eigenvalue weighted by Crippen LogP contribution is 2.37. The van der Waals surface area contributed by atoms with Gasteiger partial charge in [0.05, 0.1) is 11.2 Å². The summed E-state index contributed by atoms with van der Waals surface area (Å²) in [7, 11) is -0.435. The molecule has 3 nitrogen and oxygen atoms in total. The number of nitrogens with two attached hydrogens (primary N) is 1. The van der Waals surface area contributed by atoms with E-state index in [1.165, 1.54) is 12.1 Å². The predicted molar refractivity (Wildman–Crippen MR) is 81.4 cm³/mol. The molecule has 0 spiro atoms. The molecule has 1 aliphatic rings. The second-order valence-corrected chi connectivity index (χ2v) is 6.12. The molecule has 0 saturated carbocycles. The van der Waals surface area contributed by atoms with E-state index in [9.17, 15) is 4.39 Å². The molecule has 1 atom stereocenters. The van der Waals surface area contributed by atoms with Crippen LogP contribution in [-0.4, -0.2) is 24.3 Å². The molecule has 0 aliphatic carbocycles. The molecule has 1 fully saturated rings. The van der Waals surface area contributed by atoms with Crippen molar-refractivity contribution in [2.45, 2.75) is 51.3 Å². The first kappa shape index (κ1) is 17.4. The van der Waals surface area contributed by atoms with Crippen molar-refractivity contribution in [3.63, 3.8) is 0 Å². The van der Waals surface area contributed by atoms with Crippen LogP contribution in [0.25, 0.3) is 0 Å². The highest BCUT2D eigenvalue weighted by Gasteiger charge is 2.52. The van der Waals surface area contributed by atoms with Gasteiger partial charge in [-0.25, -0.2) is 4.39 Å². The summed E-state index contributed by atoms with van der Waals surface area (Å²) in [6.07, 6.45) is 0.594. The highest BCUT2D eigenvalue weighted by atomic mass is 35.5. The molecule has 0 radical (unpaired) electrons. The van der Waals surface area contributed by atoms with Gasteiger partial charge in [0.2, 0.25) is 0 Å². The Morgan fingerprint density at radius 3 is 2.00 bits per heavy atom. The first-order valence-electron chi connectivity index (χ1n) is 6.57. The average molecular weight is 302 g/mol. The summed E-state index contributed by atoms with van der Waals surface area (Å²) < 4.78 is 24.6. The zero-order chi connectivity index (χ0) is 14.3. The van der Waals surface area contributed by atoms with Crippen molar-refractivity contribution in [1.29, 1.82) is 0 Å². The van der Waals surface area contributed by atoms with Gasteiger partial charge < -0.3 is 15.0 Å². The number of rotatable bonds is 3. The minimum atomic E-state index is -0.435. The fourth-order valence-electron chi connectivity index (χ4n) is 2.05. The lowest BCUT2D eigenvalue weighted by Gasteiger charge is -2.32. The summed E-state index contributed by atoms with van der Waals surface area (Å²) in [5.41, 5.74) is 6.37. The van der Waals surface area contributed by atoms with E-state index < -0.39 is 7.12 Å². The van der Waals surface area contributed by atoms with Gasteiger partial charge in [-0.05, 0) is 51.8 Å². The first-order chi connectivity index (χ1) is 8.71. The Kier molecular flexibility index (Phi) is 5.25. The van der Waals surface area contributed by atoms with E-state index >= 15 is 0 Å². The van der Waals surface area contributed by atoms with Gasteiger partial charge in [0.15, 0.2) is 0 Å². The molecule has 1 saturated heterocycles. The van der Waals surface area contributed by atoms with Crippen molar-refractivity contribution in [3.05, 3.63) is 35.6 Å². The molecule has 1 aliphatic heterocycles. The molecular formula is C14H22BClFNO2. The third-order valence-corrected chi connectivity index (χ3v) is 4.01. The fourth-order valence-corrected chi connectivity index (χ4v) is 2.05. The van der Waals surface area contributed by atoms with Gasteiger partial charge >= 0.3 is 7.12 Å². The zero-order valence-electron chi connectivity index (χ0n) is 12.4. The van der Waals surface area contributed by atoms with Crippen LogP contribution in [0.3, 0.4) is 0 Å². The maximum absolute atomic E-state index is 12.8. The molecule has 0 unspecified atom stereocenters. The van der Waals surface area contributed by atoms with Crippen LogP contribution in [-0.2, 0) is 15.7 Å². The maximum atomic E-state index is 12.8. The van der Waals surface area contributed by atoms with Crippen molar-refractivity contribution >= 4 is 19.5 Å². The van der Waals surface area contributed by atoms with E-state index in [0.29, 0.717) is 6.42 Å². The van der Waals surface area contributed by atoms with Crippen LogP contribution in [0.4, 0.5) is 4.39 Å². The van der Waals surface area contributed by atoms with Crippen LogP contribution in [0.2, 0.25) is 0 Å². The van der Waals surface area contributed by atoms with Crippen LogP contribution in [0.5, 0.6) is 0 Å². The number of halogens is 2. The van der Waals surface area contributed by atoms with E-state index in [1.807, 2.05) is 27.7 Å². The van der Waals surface area contributed by atoms with E-state index in [2.05, 4.69) is 0 Å². The van der Waals surface area contributed by atoms with Crippen molar-refractivity contribution < 1.29 is 13.7 Å². The monoisotopic (exact) mass is 301 g/mol. The average Bonchev–Trinajstić information content (AvgIpc) is 2.51. The van der Waals surface area contributed by atoms with E-state index in [1.54, 1.807) is 12.1 Å². The zero-order valence-corrected chi connectivity index (χ0v) is 13.2. The van der Waals surface area contributed by atoms with Gasteiger partial charge in [-0.2, -0.15) is 0 Å². The van der Waals surface area contributed by atoms with E-state index in [4.69, 9.17) is 15.0 Å². The van der Waals surface area contributed by atoms with Crippen LogP contribution >= 0.6 is 12.4 Å². The van der Waals surface area contributed by atoms with Gasteiger partial charge in [-0.1, -0.05) is 12.1 Å². The maximum Gasteiger partial charge on any atom is 0.476 e. The minimum Gasteiger partial charge on any atom is -0.402 e. The Hall–Kier alpha value is -0.615. The van der Waals surface area contributed by atoms with Crippen molar-refractivity contribution in [3.8, 4) is 0 Å². The van der Waals surface area contributed by atoms with Gasteiger partial charge in [-0.15, -0.1) is 12.4 Å². The SMILES string of the molecule is CC1(C)OB([C@@H](N)Cc2ccc(F)cc2)OC1(C)C.Cl. The first-order valence-corrected chi connectivity index (χ1v) is 6.57. The largest absolute Gasteiger partial charge is 0.476 e. The Morgan fingerprint density at radius 2 is 1.55 bits per heavy atom. The lowest BCUT2D eigenvalue weighted by Crippen LogP contribution is -2.43. The second kappa shape index (κ2) is 6.02. The highest BCUT2D eigenvalue weighted by molar-refractivity contribution is 6.47. The molecule has 0 bridgehead atoms. The van der Waals surface area contributed by atoms with Gasteiger partial charge in [0.25, 0.3) is 0 Å². The normalized spacial score (nSPS) is 21.4. The molecule has 2 N–H and O–H groups in total. The summed E-state index contributed by atoms with van der Waals surface area (Å²) in [5.74, 6) is -0.514. The lowest BCUT2D eigenvalue weighted by molar-refractivity contribution is 0.00578.